The molecule has 0 N–H and O–H groups in total. The second-order valence-electron chi connectivity index (χ2n) is 5.70. The fourth-order valence-electron chi connectivity index (χ4n) is 2.57. The van der Waals surface area contributed by atoms with Crippen molar-refractivity contribution in [1.82, 2.24) is 4.90 Å². The van der Waals surface area contributed by atoms with Crippen molar-refractivity contribution in [3.63, 3.8) is 0 Å². The van der Waals surface area contributed by atoms with E-state index in [4.69, 9.17) is 9.47 Å². The van der Waals surface area contributed by atoms with E-state index in [1.54, 1.807) is 4.90 Å². The minimum absolute atomic E-state index is 0.0396. The highest BCUT2D eigenvalue weighted by molar-refractivity contribution is 5.94. The number of benzene rings is 2. The lowest BCUT2D eigenvalue weighted by atomic mass is 10.1. The first-order valence-corrected chi connectivity index (χ1v) is 7.53. The number of anilines is 1. The molecular formula is C18H20N2O3. The molecule has 0 bridgehead atoms. The minimum Gasteiger partial charge on any atom is -0.454 e. The van der Waals surface area contributed by atoms with E-state index in [0.717, 1.165) is 22.7 Å². The van der Waals surface area contributed by atoms with Crippen LogP contribution in [0.1, 0.15) is 5.56 Å². The number of amides is 1. The molecule has 0 saturated carbocycles. The third kappa shape index (κ3) is 3.46. The van der Waals surface area contributed by atoms with Gasteiger partial charge in [0, 0.05) is 11.3 Å². The summed E-state index contributed by atoms with van der Waals surface area (Å²) in [5, 5.41) is 0. The van der Waals surface area contributed by atoms with Crippen molar-refractivity contribution in [2.75, 3.05) is 32.3 Å². The Kier molecular flexibility index (Phi) is 4.48. The molecule has 0 fully saturated rings. The van der Waals surface area contributed by atoms with Crippen molar-refractivity contribution in [2.45, 2.75) is 6.54 Å². The smallest absolute Gasteiger partial charge is 0.241 e. The molecule has 0 spiro atoms. The summed E-state index contributed by atoms with van der Waals surface area (Å²) in [5.41, 5.74) is 1.81. The first kappa shape index (κ1) is 15.4. The number of likely N-dealkylation sites (N-methyl/N-ethyl adjacent to an activating group) is 1. The average Bonchev–Trinajstić information content (AvgIpc) is 3.02. The fraction of sp³-hybridized carbons (Fsp3) is 0.278. The number of carbonyl (C=O) groups excluding carboxylic acids is 1. The van der Waals surface area contributed by atoms with Crippen molar-refractivity contribution in [1.29, 1.82) is 0 Å². The van der Waals surface area contributed by atoms with Gasteiger partial charge in [-0.15, -0.1) is 0 Å². The zero-order valence-electron chi connectivity index (χ0n) is 13.4. The largest absolute Gasteiger partial charge is 0.454 e. The minimum atomic E-state index is 0.0396. The van der Waals surface area contributed by atoms with Crippen molar-refractivity contribution < 1.29 is 14.3 Å². The lowest BCUT2D eigenvalue weighted by molar-refractivity contribution is -0.119. The number of carbonyl (C=O) groups is 1. The highest BCUT2D eigenvalue weighted by atomic mass is 16.7. The van der Waals surface area contributed by atoms with Crippen LogP contribution in [0.5, 0.6) is 11.5 Å². The van der Waals surface area contributed by atoms with Gasteiger partial charge in [0.2, 0.25) is 12.7 Å². The summed E-state index contributed by atoms with van der Waals surface area (Å²) in [6.07, 6.45) is 0. The Morgan fingerprint density at radius 2 is 1.83 bits per heavy atom. The van der Waals surface area contributed by atoms with Gasteiger partial charge < -0.3 is 19.3 Å². The van der Waals surface area contributed by atoms with Gasteiger partial charge in [-0.25, -0.2) is 0 Å². The summed E-state index contributed by atoms with van der Waals surface area (Å²) < 4.78 is 11.0. The third-order valence-corrected chi connectivity index (χ3v) is 3.63. The summed E-state index contributed by atoms with van der Waals surface area (Å²) in [5.74, 6) is 1.50. The molecule has 0 unspecified atom stereocenters. The Bertz CT molecular complexity index is 686. The molecule has 0 aliphatic carbocycles. The number of hydrogen-bond donors (Lipinski definition) is 0. The second kappa shape index (κ2) is 6.71. The van der Waals surface area contributed by atoms with E-state index >= 15 is 0 Å². The van der Waals surface area contributed by atoms with Crippen molar-refractivity contribution >= 4 is 11.6 Å². The molecule has 0 saturated heterocycles. The van der Waals surface area contributed by atoms with Crippen LogP contribution in [0.4, 0.5) is 5.69 Å². The van der Waals surface area contributed by atoms with Gasteiger partial charge in [0.1, 0.15) is 0 Å². The van der Waals surface area contributed by atoms with Gasteiger partial charge in [-0.2, -0.15) is 0 Å². The molecule has 1 aliphatic rings. The summed E-state index contributed by atoms with van der Waals surface area (Å²) in [6, 6.07) is 15.4. The summed E-state index contributed by atoms with van der Waals surface area (Å²) >= 11 is 0. The van der Waals surface area contributed by atoms with Crippen molar-refractivity contribution in [3.8, 4) is 11.5 Å². The van der Waals surface area contributed by atoms with Gasteiger partial charge in [0.15, 0.2) is 11.5 Å². The first-order chi connectivity index (χ1) is 11.1. The van der Waals surface area contributed by atoms with E-state index in [0.29, 0.717) is 13.1 Å². The van der Waals surface area contributed by atoms with E-state index < -0.39 is 0 Å². The van der Waals surface area contributed by atoms with Crippen LogP contribution in [0.2, 0.25) is 0 Å². The maximum atomic E-state index is 12.7. The Balaban J connectivity index is 1.90. The van der Waals surface area contributed by atoms with Crippen molar-refractivity contribution in [2.24, 2.45) is 0 Å². The molecule has 0 aromatic heterocycles. The Morgan fingerprint density at radius 1 is 1.04 bits per heavy atom. The van der Waals surface area contributed by atoms with Crippen LogP contribution in [-0.2, 0) is 11.3 Å². The number of ether oxygens (including phenoxy) is 2. The fourth-order valence-corrected chi connectivity index (χ4v) is 2.57. The first-order valence-electron chi connectivity index (χ1n) is 7.53. The van der Waals surface area contributed by atoms with Crippen LogP contribution >= 0.6 is 0 Å². The molecule has 120 valence electrons. The van der Waals surface area contributed by atoms with E-state index in [1.807, 2.05) is 67.5 Å². The van der Waals surface area contributed by atoms with Crippen LogP contribution in [-0.4, -0.2) is 38.2 Å². The molecule has 1 aliphatic heterocycles. The molecule has 23 heavy (non-hydrogen) atoms. The second-order valence-corrected chi connectivity index (χ2v) is 5.70. The highest BCUT2D eigenvalue weighted by Crippen LogP contribution is 2.36. The monoisotopic (exact) mass is 312 g/mol. The Labute approximate surface area is 136 Å². The summed E-state index contributed by atoms with van der Waals surface area (Å²) in [6.45, 7) is 1.02. The Morgan fingerprint density at radius 3 is 2.57 bits per heavy atom. The van der Waals surface area contributed by atoms with Crippen LogP contribution in [0, 0.1) is 0 Å². The van der Waals surface area contributed by atoms with Gasteiger partial charge in [-0.3, -0.25) is 4.79 Å². The molecule has 2 aromatic rings. The van der Waals surface area contributed by atoms with Gasteiger partial charge in [-0.05, 0) is 32.3 Å². The van der Waals surface area contributed by atoms with Crippen LogP contribution in [0.25, 0.3) is 0 Å². The van der Waals surface area contributed by atoms with E-state index in [-0.39, 0.29) is 12.7 Å². The van der Waals surface area contributed by atoms with Gasteiger partial charge in [0.25, 0.3) is 0 Å². The maximum Gasteiger partial charge on any atom is 0.241 e. The zero-order chi connectivity index (χ0) is 16.2. The topological polar surface area (TPSA) is 42.0 Å². The Hall–Kier alpha value is -2.53. The number of rotatable bonds is 5. The maximum absolute atomic E-state index is 12.7. The normalized spacial score (nSPS) is 12.5. The molecule has 0 atom stereocenters. The van der Waals surface area contributed by atoms with E-state index in [2.05, 4.69) is 0 Å². The van der Waals surface area contributed by atoms with Crippen LogP contribution in [0.3, 0.4) is 0 Å². The summed E-state index contributed by atoms with van der Waals surface area (Å²) in [4.78, 5) is 16.3. The predicted molar refractivity (Wildman–Crippen MR) is 88.8 cm³/mol. The quantitative estimate of drug-likeness (QED) is 0.851. The molecule has 1 heterocycles. The average molecular weight is 312 g/mol. The van der Waals surface area contributed by atoms with Gasteiger partial charge in [0.05, 0.1) is 13.1 Å². The van der Waals surface area contributed by atoms with E-state index in [9.17, 15) is 4.79 Å². The van der Waals surface area contributed by atoms with Crippen LogP contribution in [0.15, 0.2) is 48.5 Å². The SMILES string of the molecule is CN(C)CC(=O)N(Cc1cccc2c1OCO2)c1ccccc1. The number of fused-ring (bicyclic) bond motifs is 1. The molecular weight excluding hydrogens is 292 g/mol. The number of nitrogens with zero attached hydrogens (tertiary/aromatic N) is 2. The van der Waals surface area contributed by atoms with Crippen LogP contribution < -0.4 is 14.4 Å². The molecule has 1 amide bonds. The number of para-hydroxylation sites is 2. The zero-order valence-corrected chi connectivity index (χ0v) is 13.4. The molecule has 5 nitrogen and oxygen atoms in total. The molecule has 3 rings (SSSR count). The molecule has 2 aromatic carbocycles. The van der Waals surface area contributed by atoms with Gasteiger partial charge in [-0.1, -0.05) is 30.3 Å². The van der Waals surface area contributed by atoms with Crippen molar-refractivity contribution in [3.05, 3.63) is 54.1 Å². The predicted octanol–water partition coefficient (Wildman–Crippen LogP) is 2.51. The van der Waals surface area contributed by atoms with E-state index in [1.165, 1.54) is 0 Å². The standard InChI is InChI=1S/C18H20N2O3/c1-19(2)12-17(21)20(15-8-4-3-5-9-15)11-14-7-6-10-16-18(14)23-13-22-16/h3-10H,11-13H2,1-2H3. The lowest BCUT2D eigenvalue weighted by Crippen LogP contribution is -2.37. The number of hydrogen-bond acceptors (Lipinski definition) is 4. The molecule has 0 radical (unpaired) electrons. The van der Waals surface area contributed by atoms with Gasteiger partial charge >= 0.3 is 0 Å². The lowest BCUT2D eigenvalue weighted by Gasteiger charge is -2.25. The third-order valence-electron chi connectivity index (χ3n) is 3.63. The molecule has 5 heteroatoms. The summed E-state index contributed by atoms with van der Waals surface area (Å²) in [7, 11) is 3.77. The highest BCUT2D eigenvalue weighted by Gasteiger charge is 2.22.